The maximum atomic E-state index is 11.1. The smallest absolute Gasteiger partial charge is 0.330 e. The minimum absolute atomic E-state index is 0.538. The molecule has 0 aliphatic carbocycles. The molecule has 0 fully saturated rings. The van der Waals surface area contributed by atoms with Crippen molar-refractivity contribution in [1.29, 1.82) is 0 Å². The zero-order valence-corrected chi connectivity index (χ0v) is 7.58. The van der Waals surface area contributed by atoms with E-state index in [-0.39, 0.29) is 0 Å². The highest BCUT2D eigenvalue weighted by Crippen LogP contribution is 2.44. The van der Waals surface area contributed by atoms with Crippen molar-refractivity contribution >= 4 is 18.4 Å². The molecule has 0 atom stereocenters. The van der Waals surface area contributed by atoms with Gasteiger partial charge in [0.15, 0.2) is 0 Å². The Morgan fingerprint density at radius 3 is 1.69 bits per heavy atom. The largest absolute Gasteiger partial charge is 0.334 e. The second-order valence-electron chi connectivity index (χ2n) is 2.13. The van der Waals surface area contributed by atoms with Crippen LogP contribution in [0, 0.1) is 24.7 Å². The molecule has 0 rings (SSSR count). The van der Waals surface area contributed by atoms with Crippen molar-refractivity contribution in [3.63, 3.8) is 0 Å². The van der Waals surface area contributed by atoms with Crippen molar-refractivity contribution in [3.8, 4) is 24.7 Å². The topological polar surface area (TPSA) is 71.4 Å². The van der Waals surface area contributed by atoms with Crippen molar-refractivity contribution in [1.82, 2.24) is 0 Å². The van der Waals surface area contributed by atoms with Crippen LogP contribution in [0.1, 0.15) is 12.8 Å². The van der Waals surface area contributed by atoms with E-state index in [1.807, 2.05) is 11.8 Å². The van der Waals surface area contributed by atoms with Crippen LogP contribution in [0.5, 0.6) is 0 Å². The molecule has 0 aliphatic heterocycles. The van der Waals surface area contributed by atoms with Crippen LogP contribution in [0.4, 0.5) is 0 Å². The highest BCUT2D eigenvalue weighted by atomic mass is 31.2. The molecule has 0 radical (unpaired) electrons. The van der Waals surface area contributed by atoms with Gasteiger partial charge in [-0.15, -0.1) is 12.8 Å². The first-order chi connectivity index (χ1) is 5.96. The molecule has 0 spiro atoms. The predicted molar refractivity (Wildman–Crippen MR) is 46.7 cm³/mol. The Bertz CT molecular complexity index is 323. The van der Waals surface area contributed by atoms with Gasteiger partial charge in [-0.3, -0.25) is 14.2 Å². The molecule has 4 nitrogen and oxygen atoms in total. The Kier molecular flexibility index (Phi) is 4.14. The molecule has 5 heteroatoms. The Labute approximate surface area is 75.8 Å². The summed E-state index contributed by atoms with van der Waals surface area (Å²) in [5.41, 5.74) is -2.29. The van der Waals surface area contributed by atoms with Gasteiger partial charge in [0.1, 0.15) is 0 Å². The Balaban J connectivity index is 4.70. The SMILES string of the molecule is C#CCC(=O)P(=O)(O)C(=O)CC#C. The zero-order chi connectivity index (χ0) is 10.5. The molecular formula is C8H7O4P. The van der Waals surface area contributed by atoms with Gasteiger partial charge in [-0.25, -0.2) is 0 Å². The lowest BCUT2D eigenvalue weighted by Crippen LogP contribution is -2.07. The van der Waals surface area contributed by atoms with Crippen molar-refractivity contribution < 1.29 is 19.0 Å². The van der Waals surface area contributed by atoms with Gasteiger partial charge in [-0.2, -0.15) is 0 Å². The fraction of sp³-hybridized carbons (Fsp3) is 0.250. The molecule has 0 heterocycles. The number of carbonyl (C=O) groups is 2. The third-order valence-electron chi connectivity index (χ3n) is 1.18. The van der Waals surface area contributed by atoms with Gasteiger partial charge < -0.3 is 4.89 Å². The molecule has 1 N–H and O–H groups in total. The maximum Gasteiger partial charge on any atom is 0.330 e. The minimum atomic E-state index is -4.47. The summed E-state index contributed by atoms with van der Waals surface area (Å²) < 4.78 is 11.1. The summed E-state index contributed by atoms with van der Waals surface area (Å²) in [6.45, 7) is 0. The first kappa shape index (κ1) is 11.6. The Morgan fingerprint density at radius 1 is 1.15 bits per heavy atom. The number of hydrogen-bond acceptors (Lipinski definition) is 3. The first-order valence-electron chi connectivity index (χ1n) is 3.23. The van der Waals surface area contributed by atoms with Gasteiger partial charge in [0.05, 0.1) is 12.8 Å². The van der Waals surface area contributed by atoms with E-state index < -0.39 is 31.3 Å². The Hall–Kier alpha value is -1.35. The van der Waals surface area contributed by atoms with Crippen LogP contribution < -0.4 is 0 Å². The number of hydrogen-bond donors (Lipinski definition) is 1. The fourth-order valence-electron chi connectivity index (χ4n) is 0.528. The second kappa shape index (κ2) is 4.62. The summed E-state index contributed by atoms with van der Waals surface area (Å²) in [7, 11) is -4.47. The molecule has 68 valence electrons. The number of terminal acetylenes is 2. The van der Waals surface area contributed by atoms with Crippen LogP contribution in [-0.2, 0) is 14.2 Å². The van der Waals surface area contributed by atoms with Gasteiger partial charge in [0.25, 0.3) is 0 Å². The third-order valence-corrected chi connectivity index (χ3v) is 2.85. The van der Waals surface area contributed by atoms with Crippen molar-refractivity contribution in [2.45, 2.75) is 12.8 Å². The van der Waals surface area contributed by atoms with Crippen LogP contribution in [0.2, 0.25) is 0 Å². The van der Waals surface area contributed by atoms with Crippen LogP contribution in [-0.4, -0.2) is 15.9 Å². The predicted octanol–water partition coefficient (Wildman–Crippen LogP) is 0.357. The van der Waals surface area contributed by atoms with E-state index in [4.69, 9.17) is 17.7 Å². The molecule has 0 amide bonds. The third kappa shape index (κ3) is 2.87. The second-order valence-corrected chi connectivity index (χ2v) is 4.27. The fourth-order valence-corrected chi connectivity index (χ4v) is 1.42. The zero-order valence-electron chi connectivity index (χ0n) is 6.69. The van der Waals surface area contributed by atoms with Crippen molar-refractivity contribution in [2.24, 2.45) is 0 Å². The molecule has 0 bridgehead atoms. The number of rotatable bonds is 4. The van der Waals surface area contributed by atoms with Crippen LogP contribution in [0.15, 0.2) is 0 Å². The summed E-state index contributed by atoms with van der Waals surface area (Å²) in [5.74, 6) is 3.77. The van der Waals surface area contributed by atoms with Crippen molar-refractivity contribution in [2.75, 3.05) is 0 Å². The maximum absolute atomic E-state index is 11.1. The molecule has 13 heavy (non-hydrogen) atoms. The summed E-state index contributed by atoms with van der Waals surface area (Å²) in [5, 5.41) is 0. The van der Waals surface area contributed by atoms with Gasteiger partial charge in [-0.05, 0) is 0 Å². The lowest BCUT2D eigenvalue weighted by molar-refractivity contribution is -0.115. The highest BCUT2D eigenvalue weighted by molar-refractivity contribution is 7.89. The van der Waals surface area contributed by atoms with Gasteiger partial charge >= 0.3 is 7.37 Å². The molecule has 0 aromatic rings. The molecule has 0 aromatic carbocycles. The number of carbonyl (C=O) groups excluding carboxylic acids is 2. The molecule has 0 aromatic heterocycles. The monoisotopic (exact) mass is 198 g/mol. The summed E-state index contributed by atoms with van der Waals surface area (Å²) in [6, 6.07) is 0. The Morgan fingerprint density at radius 2 is 1.46 bits per heavy atom. The normalized spacial score (nSPS) is 9.77. The van der Waals surface area contributed by atoms with E-state index in [1.54, 1.807) is 0 Å². The van der Waals surface area contributed by atoms with E-state index in [0.717, 1.165) is 0 Å². The molecule has 0 aliphatic rings. The lowest BCUT2D eigenvalue weighted by Gasteiger charge is -2.03. The van der Waals surface area contributed by atoms with E-state index >= 15 is 0 Å². The molecular weight excluding hydrogens is 191 g/mol. The van der Waals surface area contributed by atoms with Gasteiger partial charge in [0, 0.05) is 0 Å². The minimum Gasteiger partial charge on any atom is -0.334 e. The lowest BCUT2D eigenvalue weighted by atomic mass is 10.5. The van der Waals surface area contributed by atoms with Crippen LogP contribution in [0.3, 0.4) is 0 Å². The van der Waals surface area contributed by atoms with Crippen LogP contribution >= 0.6 is 7.37 Å². The van der Waals surface area contributed by atoms with E-state index in [1.165, 1.54) is 0 Å². The highest BCUT2D eigenvalue weighted by Gasteiger charge is 2.35. The summed E-state index contributed by atoms with van der Waals surface area (Å²) in [6.07, 6.45) is 8.42. The summed E-state index contributed by atoms with van der Waals surface area (Å²) in [4.78, 5) is 30.7. The van der Waals surface area contributed by atoms with E-state index in [2.05, 4.69) is 0 Å². The van der Waals surface area contributed by atoms with Crippen molar-refractivity contribution in [3.05, 3.63) is 0 Å². The van der Waals surface area contributed by atoms with E-state index in [0.29, 0.717) is 0 Å². The average Bonchev–Trinajstić information content (AvgIpc) is 2.05. The molecule has 0 saturated heterocycles. The first-order valence-corrected chi connectivity index (χ1v) is 4.89. The molecule has 0 unspecified atom stereocenters. The molecule has 0 saturated carbocycles. The quantitative estimate of drug-likeness (QED) is 0.522. The van der Waals surface area contributed by atoms with Gasteiger partial charge in [0.2, 0.25) is 11.0 Å². The standard InChI is InChI=1S/C8H7O4P/c1-3-5-7(9)13(11,12)8(10)6-4-2/h1-2H,5-6H2,(H,11,12). The average molecular weight is 198 g/mol. The van der Waals surface area contributed by atoms with Gasteiger partial charge in [-0.1, -0.05) is 11.8 Å². The van der Waals surface area contributed by atoms with Crippen LogP contribution in [0.25, 0.3) is 0 Å². The van der Waals surface area contributed by atoms with E-state index in [9.17, 15) is 14.2 Å². The summed E-state index contributed by atoms with van der Waals surface area (Å²) >= 11 is 0.